The third kappa shape index (κ3) is 3.11. The van der Waals surface area contributed by atoms with Crippen LogP contribution in [0, 0.1) is 0 Å². The third-order valence-electron chi connectivity index (χ3n) is 2.87. The van der Waals surface area contributed by atoms with Gasteiger partial charge in [-0.25, -0.2) is 4.98 Å². The SMILES string of the molecule is Cn1cc(Sc2ccc(CNC3CC3)cn2)cn1. The van der Waals surface area contributed by atoms with Crippen LogP contribution in [-0.2, 0) is 13.6 Å². The molecule has 1 aliphatic carbocycles. The van der Waals surface area contributed by atoms with Crippen molar-refractivity contribution in [2.45, 2.75) is 35.3 Å². The number of pyridine rings is 1. The smallest absolute Gasteiger partial charge is 0.101 e. The number of rotatable bonds is 5. The van der Waals surface area contributed by atoms with Gasteiger partial charge in [0, 0.05) is 32.0 Å². The van der Waals surface area contributed by atoms with Crippen LogP contribution in [0.4, 0.5) is 0 Å². The molecular weight excluding hydrogens is 244 g/mol. The Morgan fingerprint density at radius 1 is 1.39 bits per heavy atom. The summed E-state index contributed by atoms with van der Waals surface area (Å²) >= 11 is 1.64. The summed E-state index contributed by atoms with van der Waals surface area (Å²) in [4.78, 5) is 5.59. The molecule has 1 saturated carbocycles. The molecule has 0 aliphatic heterocycles. The largest absolute Gasteiger partial charge is 0.310 e. The van der Waals surface area contributed by atoms with Gasteiger partial charge in [-0.1, -0.05) is 17.8 Å². The van der Waals surface area contributed by atoms with Crippen molar-refractivity contribution in [1.29, 1.82) is 0 Å². The Bertz CT molecular complexity index is 516. The van der Waals surface area contributed by atoms with Gasteiger partial charge < -0.3 is 5.32 Å². The van der Waals surface area contributed by atoms with Crippen LogP contribution in [0.15, 0.2) is 40.6 Å². The van der Waals surface area contributed by atoms with E-state index in [-0.39, 0.29) is 0 Å². The zero-order chi connectivity index (χ0) is 12.4. The molecule has 1 aliphatic rings. The fraction of sp³-hybridized carbons (Fsp3) is 0.385. The van der Waals surface area contributed by atoms with E-state index in [1.54, 1.807) is 16.4 Å². The maximum atomic E-state index is 4.47. The van der Waals surface area contributed by atoms with Crippen molar-refractivity contribution in [1.82, 2.24) is 20.1 Å². The Hall–Kier alpha value is -1.33. The lowest BCUT2D eigenvalue weighted by Crippen LogP contribution is -2.15. The summed E-state index contributed by atoms with van der Waals surface area (Å²) in [6, 6.07) is 4.96. The molecule has 3 rings (SSSR count). The molecule has 0 spiro atoms. The normalized spacial score (nSPS) is 14.9. The van der Waals surface area contributed by atoms with Crippen LogP contribution in [0.3, 0.4) is 0 Å². The predicted octanol–water partition coefficient (Wildman–Crippen LogP) is 2.22. The standard InChI is InChI=1S/C13H16N4S/c1-17-9-12(8-16-17)18-13-5-2-10(7-15-13)6-14-11-3-4-11/h2,5,7-9,11,14H,3-4,6H2,1H3. The molecule has 0 radical (unpaired) electrons. The highest BCUT2D eigenvalue weighted by molar-refractivity contribution is 7.99. The molecule has 4 nitrogen and oxygen atoms in total. The van der Waals surface area contributed by atoms with Crippen LogP contribution < -0.4 is 5.32 Å². The van der Waals surface area contributed by atoms with Crippen molar-refractivity contribution >= 4 is 11.8 Å². The first kappa shape index (κ1) is 11.7. The van der Waals surface area contributed by atoms with Gasteiger partial charge in [-0.3, -0.25) is 4.68 Å². The Kier molecular flexibility index (Phi) is 3.34. The summed E-state index contributed by atoms with van der Waals surface area (Å²) < 4.78 is 1.80. The first-order valence-electron chi connectivity index (χ1n) is 6.14. The minimum Gasteiger partial charge on any atom is -0.310 e. The fourth-order valence-electron chi connectivity index (χ4n) is 1.70. The summed E-state index contributed by atoms with van der Waals surface area (Å²) in [6.07, 6.45) is 8.45. The average Bonchev–Trinajstić information content (AvgIpc) is 3.12. The van der Waals surface area contributed by atoms with Gasteiger partial charge in [-0.05, 0) is 24.5 Å². The predicted molar refractivity (Wildman–Crippen MR) is 71.4 cm³/mol. The van der Waals surface area contributed by atoms with Crippen LogP contribution in [0.5, 0.6) is 0 Å². The lowest BCUT2D eigenvalue weighted by Gasteiger charge is -2.03. The van der Waals surface area contributed by atoms with E-state index in [1.807, 2.05) is 25.6 Å². The summed E-state index contributed by atoms with van der Waals surface area (Å²) in [6.45, 7) is 0.926. The fourth-order valence-corrected chi connectivity index (χ4v) is 2.49. The molecule has 0 amide bonds. The summed E-state index contributed by atoms with van der Waals surface area (Å²) in [5.41, 5.74) is 1.25. The van der Waals surface area contributed by atoms with Crippen molar-refractivity contribution in [2.75, 3.05) is 0 Å². The third-order valence-corrected chi connectivity index (χ3v) is 3.77. The van der Waals surface area contributed by atoms with Gasteiger partial charge >= 0.3 is 0 Å². The molecular formula is C13H16N4S. The summed E-state index contributed by atoms with van der Waals surface area (Å²) in [5.74, 6) is 0. The Morgan fingerprint density at radius 3 is 2.89 bits per heavy atom. The molecule has 0 aromatic carbocycles. The Morgan fingerprint density at radius 2 is 2.28 bits per heavy atom. The maximum Gasteiger partial charge on any atom is 0.101 e. The molecule has 5 heteroatoms. The zero-order valence-corrected chi connectivity index (χ0v) is 11.2. The van der Waals surface area contributed by atoms with E-state index in [2.05, 4.69) is 27.5 Å². The van der Waals surface area contributed by atoms with E-state index < -0.39 is 0 Å². The zero-order valence-electron chi connectivity index (χ0n) is 10.3. The van der Waals surface area contributed by atoms with Crippen LogP contribution in [0.1, 0.15) is 18.4 Å². The topological polar surface area (TPSA) is 42.7 Å². The maximum absolute atomic E-state index is 4.47. The van der Waals surface area contributed by atoms with Crippen molar-refractivity contribution < 1.29 is 0 Å². The van der Waals surface area contributed by atoms with Crippen molar-refractivity contribution in [3.63, 3.8) is 0 Å². The highest BCUT2D eigenvalue weighted by Gasteiger charge is 2.19. The number of hydrogen-bond acceptors (Lipinski definition) is 4. The second kappa shape index (κ2) is 5.12. The van der Waals surface area contributed by atoms with E-state index in [0.717, 1.165) is 22.5 Å². The lowest BCUT2D eigenvalue weighted by atomic mass is 10.3. The van der Waals surface area contributed by atoms with Gasteiger partial charge in [0.2, 0.25) is 0 Å². The van der Waals surface area contributed by atoms with Crippen molar-refractivity contribution in [3.05, 3.63) is 36.3 Å². The van der Waals surface area contributed by atoms with E-state index >= 15 is 0 Å². The minimum atomic E-state index is 0.745. The molecule has 2 heterocycles. The molecule has 0 atom stereocenters. The molecule has 2 aromatic heterocycles. The second-order valence-electron chi connectivity index (χ2n) is 4.61. The quantitative estimate of drug-likeness (QED) is 0.895. The summed E-state index contributed by atoms with van der Waals surface area (Å²) in [5, 5.41) is 8.64. The number of hydrogen-bond donors (Lipinski definition) is 1. The average molecular weight is 260 g/mol. The molecule has 1 N–H and O–H groups in total. The van der Waals surface area contributed by atoms with Crippen LogP contribution in [-0.4, -0.2) is 20.8 Å². The van der Waals surface area contributed by atoms with Gasteiger partial charge in [0.05, 0.1) is 11.1 Å². The number of aromatic nitrogens is 3. The highest BCUT2D eigenvalue weighted by Crippen LogP contribution is 2.25. The number of nitrogens with one attached hydrogen (secondary N) is 1. The molecule has 2 aromatic rings. The lowest BCUT2D eigenvalue weighted by molar-refractivity contribution is 0.685. The monoisotopic (exact) mass is 260 g/mol. The van der Waals surface area contributed by atoms with Crippen LogP contribution in [0.2, 0.25) is 0 Å². The van der Waals surface area contributed by atoms with Gasteiger partial charge in [-0.2, -0.15) is 5.10 Å². The van der Waals surface area contributed by atoms with E-state index in [9.17, 15) is 0 Å². The van der Waals surface area contributed by atoms with E-state index in [4.69, 9.17) is 0 Å². The molecule has 0 unspecified atom stereocenters. The second-order valence-corrected chi connectivity index (χ2v) is 5.71. The summed E-state index contributed by atoms with van der Waals surface area (Å²) in [7, 11) is 1.92. The van der Waals surface area contributed by atoms with Gasteiger partial charge in [0.15, 0.2) is 0 Å². The molecule has 94 valence electrons. The van der Waals surface area contributed by atoms with Crippen molar-refractivity contribution in [2.24, 2.45) is 7.05 Å². The number of aryl methyl sites for hydroxylation is 1. The van der Waals surface area contributed by atoms with Gasteiger partial charge in [-0.15, -0.1) is 0 Å². The Labute approximate surface area is 111 Å². The highest BCUT2D eigenvalue weighted by atomic mass is 32.2. The minimum absolute atomic E-state index is 0.745. The first-order valence-corrected chi connectivity index (χ1v) is 6.96. The molecule has 0 bridgehead atoms. The first-order chi connectivity index (χ1) is 8.79. The van der Waals surface area contributed by atoms with Gasteiger partial charge in [0.25, 0.3) is 0 Å². The van der Waals surface area contributed by atoms with E-state index in [1.165, 1.54) is 18.4 Å². The molecule has 1 fully saturated rings. The molecule has 18 heavy (non-hydrogen) atoms. The van der Waals surface area contributed by atoms with Gasteiger partial charge in [0.1, 0.15) is 5.03 Å². The van der Waals surface area contributed by atoms with E-state index in [0.29, 0.717) is 0 Å². The number of nitrogens with zero attached hydrogens (tertiary/aromatic N) is 3. The van der Waals surface area contributed by atoms with Crippen LogP contribution >= 0.6 is 11.8 Å². The molecule has 0 saturated heterocycles. The Balaban J connectivity index is 1.59. The van der Waals surface area contributed by atoms with Crippen LogP contribution in [0.25, 0.3) is 0 Å². The van der Waals surface area contributed by atoms with Crippen molar-refractivity contribution in [3.8, 4) is 0 Å².